The van der Waals surface area contributed by atoms with Crippen molar-refractivity contribution in [2.75, 3.05) is 6.61 Å². The second-order valence-electron chi connectivity index (χ2n) is 6.41. The first-order valence-corrected chi connectivity index (χ1v) is 8.71. The molecule has 0 saturated heterocycles. The van der Waals surface area contributed by atoms with E-state index in [1.165, 1.54) is 6.07 Å². The minimum absolute atomic E-state index is 0.113. The number of carbonyl (C=O) groups is 1. The monoisotopic (exact) mass is 324 g/mol. The zero-order valence-corrected chi connectivity index (χ0v) is 13.8. The predicted octanol–water partition coefficient (Wildman–Crippen LogP) is 5.36. The minimum atomic E-state index is -0.747. The third-order valence-electron chi connectivity index (χ3n) is 4.82. The molecule has 1 fully saturated rings. The Labute approximate surface area is 137 Å². The van der Waals surface area contributed by atoms with Gasteiger partial charge in [0, 0.05) is 6.42 Å². The number of carbonyl (C=O) groups excluding carboxylic acids is 1. The molecule has 1 aromatic carbocycles. The van der Waals surface area contributed by atoms with Gasteiger partial charge in [-0.25, -0.2) is 8.78 Å². The van der Waals surface area contributed by atoms with E-state index in [9.17, 15) is 13.6 Å². The summed E-state index contributed by atoms with van der Waals surface area (Å²) < 4.78 is 32.1. The van der Waals surface area contributed by atoms with Crippen LogP contribution >= 0.6 is 0 Å². The highest BCUT2D eigenvalue weighted by Gasteiger charge is 2.25. The molecule has 1 aliphatic rings. The number of unbranched alkanes of at least 4 members (excludes halogenated alkanes) is 1. The van der Waals surface area contributed by atoms with Crippen LogP contribution in [0.25, 0.3) is 0 Å². The Balaban J connectivity index is 1.70. The van der Waals surface area contributed by atoms with Crippen LogP contribution in [0.2, 0.25) is 0 Å². The van der Waals surface area contributed by atoms with Gasteiger partial charge in [0.25, 0.3) is 0 Å². The van der Waals surface area contributed by atoms with Crippen LogP contribution in [-0.4, -0.2) is 12.6 Å². The van der Waals surface area contributed by atoms with Crippen molar-refractivity contribution in [3.8, 4) is 0 Å². The van der Waals surface area contributed by atoms with Gasteiger partial charge in [0.05, 0.1) is 6.61 Å². The van der Waals surface area contributed by atoms with Crippen LogP contribution < -0.4 is 0 Å². The molecule has 23 heavy (non-hydrogen) atoms. The van der Waals surface area contributed by atoms with Crippen LogP contribution in [0.5, 0.6) is 0 Å². The summed E-state index contributed by atoms with van der Waals surface area (Å²) in [5, 5.41) is 0. The third kappa shape index (κ3) is 5.29. The minimum Gasteiger partial charge on any atom is -0.466 e. The second-order valence-corrected chi connectivity index (χ2v) is 6.41. The molecule has 4 heteroatoms. The number of halogens is 2. The predicted molar refractivity (Wildman–Crippen MR) is 86.2 cm³/mol. The fraction of sp³-hybridized carbons (Fsp3) is 0.632. The Kier molecular flexibility index (Phi) is 7.00. The lowest BCUT2D eigenvalue weighted by molar-refractivity contribution is -0.143. The van der Waals surface area contributed by atoms with Crippen LogP contribution in [0.3, 0.4) is 0 Å². The zero-order chi connectivity index (χ0) is 16.7. The van der Waals surface area contributed by atoms with E-state index in [0.717, 1.165) is 44.9 Å². The van der Waals surface area contributed by atoms with Crippen LogP contribution in [-0.2, 0) is 9.53 Å². The largest absolute Gasteiger partial charge is 0.466 e. The van der Waals surface area contributed by atoms with Gasteiger partial charge in [-0.2, -0.15) is 0 Å². The molecule has 0 amide bonds. The summed E-state index contributed by atoms with van der Waals surface area (Å²) in [5.41, 5.74) is 0.533. The molecule has 1 aromatic rings. The summed E-state index contributed by atoms with van der Waals surface area (Å²) in [6.45, 7) is 2.26. The van der Waals surface area contributed by atoms with Gasteiger partial charge in [-0.05, 0) is 62.5 Å². The molecule has 0 aliphatic heterocycles. The van der Waals surface area contributed by atoms with E-state index in [1.807, 2.05) is 6.92 Å². The first-order chi connectivity index (χ1) is 11.1. The average molecular weight is 324 g/mol. The molecule has 0 aromatic heterocycles. The van der Waals surface area contributed by atoms with Gasteiger partial charge in [-0.1, -0.05) is 25.0 Å². The molecule has 2 rings (SSSR count). The standard InChI is InChI=1S/C19H26F2O2/c1-2-23-18(22)9-4-3-6-14-10-12-15(13-11-14)16-7-5-8-17(20)19(16)21/h5,7-8,14-15H,2-4,6,9-13H2,1H3. The number of benzene rings is 1. The lowest BCUT2D eigenvalue weighted by atomic mass is 9.77. The summed E-state index contributed by atoms with van der Waals surface area (Å²) in [6.07, 6.45) is 7.46. The van der Waals surface area contributed by atoms with Gasteiger partial charge in [-0.15, -0.1) is 0 Å². The Bertz CT molecular complexity index is 508. The molecule has 0 N–H and O–H groups in total. The number of esters is 1. The smallest absolute Gasteiger partial charge is 0.305 e. The van der Waals surface area contributed by atoms with Crippen LogP contribution in [0, 0.1) is 17.6 Å². The summed E-state index contributed by atoms with van der Waals surface area (Å²) in [5.74, 6) is -0.752. The summed E-state index contributed by atoms with van der Waals surface area (Å²) in [6, 6.07) is 4.48. The SMILES string of the molecule is CCOC(=O)CCCCC1CCC(c2cccc(F)c2F)CC1. The van der Waals surface area contributed by atoms with E-state index in [4.69, 9.17) is 4.74 Å². The fourth-order valence-electron chi connectivity index (χ4n) is 3.53. The average Bonchev–Trinajstić information content (AvgIpc) is 2.55. The normalized spacial score (nSPS) is 21.2. The van der Waals surface area contributed by atoms with Gasteiger partial charge >= 0.3 is 5.97 Å². The van der Waals surface area contributed by atoms with Gasteiger partial charge in [-0.3, -0.25) is 4.79 Å². The van der Waals surface area contributed by atoms with E-state index in [1.54, 1.807) is 12.1 Å². The topological polar surface area (TPSA) is 26.3 Å². The molecule has 0 heterocycles. The van der Waals surface area contributed by atoms with E-state index in [-0.39, 0.29) is 11.9 Å². The summed E-state index contributed by atoms with van der Waals surface area (Å²) in [7, 11) is 0. The van der Waals surface area contributed by atoms with Crippen molar-refractivity contribution in [3.05, 3.63) is 35.4 Å². The fourth-order valence-corrected chi connectivity index (χ4v) is 3.53. The zero-order valence-electron chi connectivity index (χ0n) is 13.8. The van der Waals surface area contributed by atoms with Gasteiger partial charge in [0.15, 0.2) is 11.6 Å². The molecular formula is C19H26F2O2. The summed E-state index contributed by atoms with van der Waals surface area (Å²) >= 11 is 0. The number of rotatable bonds is 7. The Hall–Kier alpha value is -1.45. The maximum Gasteiger partial charge on any atom is 0.305 e. The van der Waals surface area contributed by atoms with Gasteiger partial charge in [0.2, 0.25) is 0 Å². The van der Waals surface area contributed by atoms with Gasteiger partial charge < -0.3 is 4.74 Å². The maximum atomic E-state index is 13.9. The lowest BCUT2D eigenvalue weighted by Gasteiger charge is -2.29. The van der Waals surface area contributed by atoms with Crippen LogP contribution in [0.4, 0.5) is 8.78 Å². The highest BCUT2D eigenvalue weighted by molar-refractivity contribution is 5.69. The number of hydrogen-bond donors (Lipinski definition) is 0. The van der Waals surface area contributed by atoms with Crippen molar-refractivity contribution in [2.24, 2.45) is 5.92 Å². The third-order valence-corrected chi connectivity index (χ3v) is 4.82. The summed E-state index contributed by atoms with van der Waals surface area (Å²) in [4.78, 5) is 11.3. The first-order valence-electron chi connectivity index (χ1n) is 8.71. The van der Waals surface area contributed by atoms with Crippen LogP contribution in [0.1, 0.15) is 69.8 Å². The van der Waals surface area contributed by atoms with Crippen molar-refractivity contribution in [3.63, 3.8) is 0 Å². The molecule has 0 bridgehead atoms. The molecule has 0 radical (unpaired) electrons. The molecule has 128 valence electrons. The maximum absolute atomic E-state index is 13.9. The number of hydrogen-bond acceptors (Lipinski definition) is 2. The highest BCUT2D eigenvalue weighted by Crippen LogP contribution is 2.38. The van der Waals surface area contributed by atoms with Crippen molar-refractivity contribution in [2.45, 2.75) is 64.2 Å². The molecule has 1 saturated carbocycles. The van der Waals surface area contributed by atoms with Crippen molar-refractivity contribution < 1.29 is 18.3 Å². The van der Waals surface area contributed by atoms with Crippen molar-refractivity contribution in [1.29, 1.82) is 0 Å². The quantitative estimate of drug-likeness (QED) is 0.498. The molecule has 0 atom stereocenters. The van der Waals surface area contributed by atoms with Gasteiger partial charge in [0.1, 0.15) is 0 Å². The Morgan fingerprint density at radius 1 is 1.17 bits per heavy atom. The molecule has 1 aliphatic carbocycles. The van der Waals surface area contributed by atoms with Crippen molar-refractivity contribution in [1.82, 2.24) is 0 Å². The molecule has 0 spiro atoms. The molecular weight excluding hydrogens is 298 g/mol. The second kappa shape index (κ2) is 8.99. The Morgan fingerprint density at radius 3 is 2.61 bits per heavy atom. The van der Waals surface area contributed by atoms with E-state index < -0.39 is 11.6 Å². The molecule has 0 unspecified atom stereocenters. The van der Waals surface area contributed by atoms with Crippen LogP contribution in [0.15, 0.2) is 18.2 Å². The van der Waals surface area contributed by atoms with E-state index in [2.05, 4.69) is 0 Å². The van der Waals surface area contributed by atoms with E-state index in [0.29, 0.717) is 24.5 Å². The number of ether oxygens (including phenoxy) is 1. The van der Waals surface area contributed by atoms with E-state index >= 15 is 0 Å². The first kappa shape index (κ1) is 17.9. The molecule has 2 nitrogen and oxygen atoms in total. The van der Waals surface area contributed by atoms with Crippen molar-refractivity contribution >= 4 is 5.97 Å². The Morgan fingerprint density at radius 2 is 1.91 bits per heavy atom. The lowest BCUT2D eigenvalue weighted by Crippen LogP contribution is -2.15. The highest BCUT2D eigenvalue weighted by atomic mass is 19.2.